The van der Waals surface area contributed by atoms with Gasteiger partial charge < -0.3 is 26.2 Å². The van der Waals surface area contributed by atoms with Gasteiger partial charge in [0.05, 0.1) is 35.6 Å². The number of carbonyl (C=O) groups is 5. The van der Waals surface area contributed by atoms with E-state index in [1.54, 1.807) is 25.1 Å². The lowest BCUT2D eigenvalue weighted by molar-refractivity contribution is -0.181. The zero-order chi connectivity index (χ0) is 30.1. The van der Waals surface area contributed by atoms with Crippen LogP contribution in [-0.4, -0.2) is 94.0 Å². The molecule has 1 aromatic carbocycles. The SMILES string of the molecule is CN(C)c1cc(Nc2ncc(F)cn2)c(O)c2c1CC1CC3[C@H](N(C)C)C(=O)C(C(N)=O)C(=O)[C@@]3(O)C(=O)C1C2=O. The molecular formula is C27H29FN6O7. The number of Topliss-reactive ketones (excluding diaryl/α,β-unsaturated/α-hetero) is 4. The van der Waals surface area contributed by atoms with Gasteiger partial charge in [-0.25, -0.2) is 14.4 Å². The van der Waals surface area contributed by atoms with Crippen LogP contribution in [0.25, 0.3) is 0 Å². The lowest BCUT2D eigenvalue weighted by Crippen LogP contribution is -2.74. The second-order valence-electron chi connectivity index (χ2n) is 11.2. The Morgan fingerprint density at radius 1 is 1.12 bits per heavy atom. The number of phenols is 1. The highest BCUT2D eigenvalue weighted by molar-refractivity contribution is 6.32. The maximum absolute atomic E-state index is 14.0. The number of phenolic OH excluding ortho intramolecular Hbond substituents is 1. The summed E-state index contributed by atoms with van der Waals surface area (Å²) in [6.07, 6.45) is 1.89. The highest BCUT2D eigenvalue weighted by Crippen LogP contribution is 2.52. The third-order valence-corrected chi connectivity index (χ3v) is 8.39. The van der Waals surface area contributed by atoms with Crippen LogP contribution in [0.15, 0.2) is 18.5 Å². The monoisotopic (exact) mass is 568 g/mol. The molecule has 1 heterocycles. The van der Waals surface area contributed by atoms with Gasteiger partial charge >= 0.3 is 0 Å². The molecule has 5 rings (SSSR count). The minimum atomic E-state index is -2.81. The normalized spacial score (nSPS) is 29.1. The number of amides is 1. The number of hydrogen-bond acceptors (Lipinski definition) is 12. The second kappa shape index (κ2) is 9.66. The van der Waals surface area contributed by atoms with Gasteiger partial charge in [-0.1, -0.05) is 0 Å². The van der Waals surface area contributed by atoms with Crippen LogP contribution in [0.5, 0.6) is 5.75 Å². The number of nitrogens with two attached hydrogens (primary N) is 1. The van der Waals surface area contributed by atoms with Gasteiger partial charge in [-0.3, -0.25) is 28.9 Å². The summed E-state index contributed by atoms with van der Waals surface area (Å²) < 4.78 is 13.3. The first-order valence-corrected chi connectivity index (χ1v) is 12.9. The molecule has 13 nitrogen and oxygen atoms in total. The fourth-order valence-corrected chi connectivity index (χ4v) is 6.64. The lowest BCUT2D eigenvalue weighted by atomic mass is 9.52. The Labute approximate surface area is 233 Å². The molecule has 0 spiro atoms. The first-order chi connectivity index (χ1) is 19.2. The minimum Gasteiger partial charge on any atom is -0.505 e. The average molecular weight is 569 g/mol. The van der Waals surface area contributed by atoms with E-state index >= 15 is 0 Å². The highest BCUT2D eigenvalue weighted by Gasteiger charge is 2.69. The molecule has 2 saturated carbocycles. The van der Waals surface area contributed by atoms with Crippen LogP contribution in [0.1, 0.15) is 22.3 Å². The summed E-state index contributed by atoms with van der Waals surface area (Å²) in [6.45, 7) is 0. The zero-order valence-electron chi connectivity index (χ0n) is 22.7. The Bertz CT molecular complexity index is 1510. The molecular weight excluding hydrogens is 539 g/mol. The second-order valence-corrected chi connectivity index (χ2v) is 11.2. The molecule has 3 aliphatic carbocycles. The largest absolute Gasteiger partial charge is 0.505 e. The van der Waals surface area contributed by atoms with E-state index < -0.39 is 75.9 Å². The van der Waals surface area contributed by atoms with Crippen LogP contribution in [0, 0.1) is 29.5 Å². The standard InChI is InChI=1S/C27H29FN6O7/c1-33(2)15-7-14(32-26-30-8-11(28)9-31-26)20(35)17-12(15)5-10-6-13-19(34(3)4)22(37)18(25(29)40)24(39)27(13,41)23(38)16(10)21(17)36/h7-10,13,16,18-19,35,41H,5-6H2,1-4H3,(H2,29,40)(H,30,31,32)/t10?,13?,16?,18?,19-,27-/m0/s1. The minimum absolute atomic E-state index is 0.00603. The van der Waals surface area contributed by atoms with Crippen molar-refractivity contribution >= 4 is 46.4 Å². The van der Waals surface area contributed by atoms with Crippen molar-refractivity contribution in [1.82, 2.24) is 14.9 Å². The maximum atomic E-state index is 14.0. The molecule has 1 amide bonds. The molecule has 0 aliphatic heterocycles. The zero-order valence-corrected chi connectivity index (χ0v) is 22.7. The number of aliphatic hydroxyl groups is 1. The summed E-state index contributed by atoms with van der Waals surface area (Å²) in [5, 5.41) is 25.7. The molecule has 0 radical (unpaired) electrons. The number of fused-ring (bicyclic) bond motifs is 3. The number of aromatic hydroxyl groups is 1. The number of carbonyl (C=O) groups excluding carboxylic acids is 5. The summed E-state index contributed by atoms with van der Waals surface area (Å²) in [5.74, 6) is -12.1. The van der Waals surface area contributed by atoms with Crippen LogP contribution < -0.4 is 16.0 Å². The fourth-order valence-electron chi connectivity index (χ4n) is 6.64. The fraction of sp³-hybridized carbons (Fsp3) is 0.444. The van der Waals surface area contributed by atoms with E-state index in [4.69, 9.17) is 5.73 Å². The average Bonchev–Trinajstić information content (AvgIpc) is 2.88. The predicted octanol–water partition coefficient (Wildman–Crippen LogP) is -0.394. The van der Waals surface area contributed by atoms with Crippen molar-refractivity contribution in [3.05, 3.63) is 35.4 Å². The molecule has 1 aromatic heterocycles. The van der Waals surface area contributed by atoms with Crippen LogP contribution in [0.3, 0.4) is 0 Å². The number of benzene rings is 1. The predicted molar refractivity (Wildman–Crippen MR) is 141 cm³/mol. The molecule has 216 valence electrons. The molecule has 5 N–H and O–H groups in total. The number of anilines is 3. The molecule has 14 heteroatoms. The Kier molecular flexibility index (Phi) is 6.65. The topological polar surface area (TPSA) is 196 Å². The van der Waals surface area contributed by atoms with Gasteiger partial charge in [-0.2, -0.15) is 0 Å². The van der Waals surface area contributed by atoms with Crippen molar-refractivity contribution in [2.24, 2.45) is 29.4 Å². The number of halogens is 1. The number of ketones is 4. The van der Waals surface area contributed by atoms with Crippen molar-refractivity contribution < 1.29 is 38.6 Å². The van der Waals surface area contributed by atoms with Gasteiger partial charge in [0.25, 0.3) is 0 Å². The van der Waals surface area contributed by atoms with Crippen molar-refractivity contribution in [2.45, 2.75) is 24.5 Å². The van der Waals surface area contributed by atoms with Gasteiger partial charge in [0.15, 0.2) is 40.5 Å². The smallest absolute Gasteiger partial charge is 0.235 e. The van der Waals surface area contributed by atoms with Crippen molar-refractivity contribution in [1.29, 1.82) is 0 Å². The Hall–Kier alpha value is -4.30. The van der Waals surface area contributed by atoms with Crippen LogP contribution in [0.4, 0.5) is 21.7 Å². The number of primary amides is 1. The van der Waals surface area contributed by atoms with E-state index in [1.807, 2.05) is 0 Å². The van der Waals surface area contributed by atoms with E-state index in [0.29, 0.717) is 11.3 Å². The quantitative estimate of drug-likeness (QED) is 0.270. The van der Waals surface area contributed by atoms with E-state index in [-0.39, 0.29) is 30.0 Å². The molecule has 2 aromatic rings. The third kappa shape index (κ3) is 4.08. The van der Waals surface area contributed by atoms with E-state index in [1.165, 1.54) is 19.0 Å². The van der Waals surface area contributed by atoms with E-state index in [9.17, 15) is 38.6 Å². The summed E-state index contributed by atoms with van der Waals surface area (Å²) in [4.78, 5) is 77.5. The highest BCUT2D eigenvalue weighted by atomic mass is 19.1. The van der Waals surface area contributed by atoms with Crippen LogP contribution >= 0.6 is 0 Å². The molecule has 2 fully saturated rings. The maximum Gasteiger partial charge on any atom is 0.235 e. The number of likely N-dealkylation sites (N-methyl/N-ethyl adjacent to an activating group) is 1. The number of nitrogens with one attached hydrogen (secondary N) is 1. The Morgan fingerprint density at radius 2 is 1.76 bits per heavy atom. The van der Waals surface area contributed by atoms with E-state index in [2.05, 4.69) is 15.3 Å². The van der Waals surface area contributed by atoms with Gasteiger partial charge in [-0.05, 0) is 44.5 Å². The van der Waals surface area contributed by atoms with Crippen LogP contribution in [0.2, 0.25) is 0 Å². The summed E-state index contributed by atoms with van der Waals surface area (Å²) >= 11 is 0. The first kappa shape index (κ1) is 28.2. The van der Waals surface area contributed by atoms with Gasteiger partial charge in [0.2, 0.25) is 11.9 Å². The molecule has 0 bridgehead atoms. The number of rotatable bonds is 5. The summed E-state index contributed by atoms with van der Waals surface area (Å²) in [6, 6.07) is 0.379. The number of aromatic nitrogens is 2. The Balaban J connectivity index is 1.64. The van der Waals surface area contributed by atoms with Gasteiger partial charge in [0.1, 0.15) is 5.75 Å². The van der Waals surface area contributed by atoms with E-state index in [0.717, 1.165) is 12.4 Å². The molecule has 3 aliphatic rings. The van der Waals surface area contributed by atoms with Crippen LogP contribution in [-0.2, 0) is 25.6 Å². The summed E-state index contributed by atoms with van der Waals surface area (Å²) in [5.41, 5.74) is 3.32. The van der Waals surface area contributed by atoms with Crippen molar-refractivity contribution in [3.8, 4) is 5.75 Å². The molecule has 4 unspecified atom stereocenters. The van der Waals surface area contributed by atoms with Crippen molar-refractivity contribution in [2.75, 3.05) is 38.4 Å². The lowest BCUT2D eigenvalue weighted by Gasteiger charge is -2.52. The van der Waals surface area contributed by atoms with Gasteiger partial charge in [0, 0.05) is 25.7 Å². The summed E-state index contributed by atoms with van der Waals surface area (Å²) in [7, 11) is 6.49. The van der Waals surface area contributed by atoms with Gasteiger partial charge in [-0.15, -0.1) is 0 Å². The molecule has 0 saturated heterocycles. The first-order valence-electron chi connectivity index (χ1n) is 12.9. The molecule has 41 heavy (non-hydrogen) atoms. The van der Waals surface area contributed by atoms with Crippen molar-refractivity contribution in [3.63, 3.8) is 0 Å². The third-order valence-electron chi connectivity index (χ3n) is 8.39. The Morgan fingerprint density at radius 3 is 2.32 bits per heavy atom. The number of nitrogens with zero attached hydrogens (tertiary/aromatic N) is 4. The molecule has 6 atom stereocenters. The number of hydrogen-bond donors (Lipinski definition) is 4.